The van der Waals surface area contributed by atoms with Gasteiger partial charge in [-0.2, -0.15) is 0 Å². The van der Waals surface area contributed by atoms with Gasteiger partial charge in [-0.1, -0.05) is 19.8 Å². The number of hydrogen-bond donors (Lipinski definition) is 0. The van der Waals surface area contributed by atoms with Gasteiger partial charge in [0.15, 0.2) is 0 Å². The average Bonchev–Trinajstić information content (AvgIpc) is 2.31. The van der Waals surface area contributed by atoms with Crippen molar-refractivity contribution < 1.29 is 9.59 Å². The molecule has 0 N–H and O–H groups in total. The van der Waals surface area contributed by atoms with Crippen molar-refractivity contribution >= 4 is 11.8 Å². The van der Waals surface area contributed by atoms with E-state index in [9.17, 15) is 9.59 Å². The third kappa shape index (κ3) is 7.30. The van der Waals surface area contributed by atoms with Gasteiger partial charge in [-0.25, -0.2) is 0 Å². The predicted octanol–water partition coefficient (Wildman–Crippen LogP) is 2.28. The van der Waals surface area contributed by atoms with E-state index >= 15 is 0 Å². The van der Waals surface area contributed by atoms with Crippen LogP contribution in [-0.4, -0.2) is 47.8 Å². The minimum absolute atomic E-state index is 0.109. The maximum Gasteiger partial charge on any atom is 0.219 e. The normalized spacial score (nSPS) is 10.2. The lowest BCUT2D eigenvalue weighted by molar-refractivity contribution is -0.129. The monoisotopic (exact) mass is 256 g/mol. The van der Waals surface area contributed by atoms with Crippen molar-refractivity contribution in [3.63, 3.8) is 0 Å². The number of unbranched alkanes of at least 4 members (excludes halogenated alkanes) is 2. The number of carbonyl (C=O) groups is 2. The lowest BCUT2D eigenvalue weighted by atomic mass is 10.2. The highest BCUT2D eigenvalue weighted by molar-refractivity contribution is 5.73. The van der Waals surface area contributed by atoms with Crippen molar-refractivity contribution in [3.8, 4) is 0 Å². The van der Waals surface area contributed by atoms with Crippen LogP contribution in [-0.2, 0) is 9.59 Å². The Hall–Kier alpha value is -1.06. The van der Waals surface area contributed by atoms with Crippen LogP contribution < -0.4 is 0 Å². The smallest absolute Gasteiger partial charge is 0.219 e. The zero-order chi connectivity index (χ0) is 14.0. The van der Waals surface area contributed by atoms with E-state index in [2.05, 4.69) is 6.92 Å². The van der Waals surface area contributed by atoms with Crippen LogP contribution in [0.3, 0.4) is 0 Å². The Morgan fingerprint density at radius 3 is 1.72 bits per heavy atom. The van der Waals surface area contributed by atoms with Crippen molar-refractivity contribution in [3.05, 3.63) is 0 Å². The molecule has 0 aromatic carbocycles. The first-order chi connectivity index (χ1) is 8.52. The number of amides is 2. The van der Waals surface area contributed by atoms with Crippen LogP contribution in [0.2, 0.25) is 0 Å². The molecule has 4 nitrogen and oxygen atoms in total. The topological polar surface area (TPSA) is 40.6 Å². The molecule has 0 aliphatic heterocycles. The fraction of sp³-hybridized carbons (Fsp3) is 0.857. The van der Waals surface area contributed by atoms with Crippen molar-refractivity contribution in [2.45, 2.75) is 53.4 Å². The van der Waals surface area contributed by atoms with Crippen LogP contribution in [0.15, 0.2) is 0 Å². The Morgan fingerprint density at radius 1 is 0.778 bits per heavy atom. The predicted molar refractivity (Wildman–Crippen MR) is 74.3 cm³/mol. The second-order valence-electron chi connectivity index (χ2n) is 4.67. The largest absolute Gasteiger partial charge is 0.343 e. The molecule has 0 aromatic heterocycles. The van der Waals surface area contributed by atoms with Crippen molar-refractivity contribution in [2.75, 3.05) is 26.2 Å². The van der Waals surface area contributed by atoms with Crippen LogP contribution in [0, 0.1) is 0 Å². The van der Waals surface area contributed by atoms with Gasteiger partial charge in [0, 0.05) is 40.0 Å². The van der Waals surface area contributed by atoms with E-state index in [1.54, 1.807) is 13.8 Å². The van der Waals surface area contributed by atoms with Crippen molar-refractivity contribution in [1.29, 1.82) is 0 Å². The quantitative estimate of drug-likeness (QED) is 0.594. The number of rotatable bonds is 9. The first-order valence-electron chi connectivity index (χ1n) is 7.03. The molecular weight excluding hydrogens is 228 g/mol. The molecule has 0 aliphatic rings. The lowest BCUT2D eigenvalue weighted by Gasteiger charge is -2.24. The number of carbonyl (C=O) groups excluding carboxylic acids is 2. The highest BCUT2D eigenvalue weighted by atomic mass is 16.2. The van der Waals surface area contributed by atoms with Crippen LogP contribution >= 0.6 is 0 Å². The van der Waals surface area contributed by atoms with Gasteiger partial charge in [-0.3, -0.25) is 9.59 Å². The van der Waals surface area contributed by atoms with Gasteiger partial charge in [0.2, 0.25) is 11.8 Å². The first-order valence-corrected chi connectivity index (χ1v) is 7.03. The molecule has 0 aliphatic carbocycles. The van der Waals surface area contributed by atoms with E-state index in [0.717, 1.165) is 45.4 Å². The molecule has 0 bridgehead atoms. The van der Waals surface area contributed by atoms with E-state index in [1.165, 1.54) is 6.42 Å². The van der Waals surface area contributed by atoms with E-state index < -0.39 is 0 Å². The number of hydrogen-bond acceptors (Lipinski definition) is 2. The summed E-state index contributed by atoms with van der Waals surface area (Å²) in [6, 6.07) is 0. The molecule has 0 spiro atoms. The summed E-state index contributed by atoms with van der Waals surface area (Å²) in [6.07, 6.45) is 4.26. The second kappa shape index (κ2) is 9.92. The Bertz CT molecular complexity index is 254. The van der Waals surface area contributed by atoms with E-state index in [0.29, 0.717) is 0 Å². The molecule has 0 radical (unpaired) electrons. The van der Waals surface area contributed by atoms with Gasteiger partial charge in [-0.15, -0.1) is 0 Å². The Morgan fingerprint density at radius 2 is 1.28 bits per heavy atom. The molecule has 0 rings (SSSR count). The minimum Gasteiger partial charge on any atom is -0.343 e. The van der Waals surface area contributed by atoms with Gasteiger partial charge >= 0.3 is 0 Å². The molecule has 0 saturated heterocycles. The lowest BCUT2D eigenvalue weighted by Crippen LogP contribution is -2.35. The van der Waals surface area contributed by atoms with Gasteiger partial charge < -0.3 is 9.80 Å². The summed E-state index contributed by atoms with van der Waals surface area (Å²) in [4.78, 5) is 26.4. The molecule has 106 valence electrons. The van der Waals surface area contributed by atoms with Crippen molar-refractivity contribution in [1.82, 2.24) is 9.80 Å². The molecule has 0 aromatic rings. The highest BCUT2D eigenvalue weighted by Crippen LogP contribution is 2.01. The van der Waals surface area contributed by atoms with Gasteiger partial charge in [0.05, 0.1) is 0 Å². The molecule has 0 saturated carbocycles. The van der Waals surface area contributed by atoms with E-state index in [1.807, 2.05) is 16.7 Å². The van der Waals surface area contributed by atoms with Crippen LogP contribution in [0.5, 0.6) is 0 Å². The zero-order valence-corrected chi connectivity index (χ0v) is 12.4. The summed E-state index contributed by atoms with van der Waals surface area (Å²) in [6.45, 7) is 10.4. The van der Waals surface area contributed by atoms with Crippen LogP contribution in [0.1, 0.15) is 53.4 Å². The molecule has 18 heavy (non-hydrogen) atoms. The van der Waals surface area contributed by atoms with E-state index in [4.69, 9.17) is 0 Å². The summed E-state index contributed by atoms with van der Waals surface area (Å²) in [5.41, 5.74) is 0. The maximum absolute atomic E-state index is 11.5. The minimum atomic E-state index is 0.109. The first kappa shape index (κ1) is 16.9. The van der Waals surface area contributed by atoms with E-state index in [-0.39, 0.29) is 11.8 Å². The van der Waals surface area contributed by atoms with Gasteiger partial charge in [0.1, 0.15) is 0 Å². The SMILES string of the molecule is CCCCCN(CCCN(CC)C(C)=O)C(C)=O. The molecule has 0 heterocycles. The fourth-order valence-corrected chi connectivity index (χ4v) is 1.97. The van der Waals surface area contributed by atoms with Gasteiger partial charge in [0.25, 0.3) is 0 Å². The third-order valence-corrected chi connectivity index (χ3v) is 3.16. The molecule has 0 atom stereocenters. The third-order valence-electron chi connectivity index (χ3n) is 3.16. The van der Waals surface area contributed by atoms with Crippen LogP contribution in [0.25, 0.3) is 0 Å². The maximum atomic E-state index is 11.5. The zero-order valence-electron chi connectivity index (χ0n) is 12.4. The summed E-state index contributed by atoms with van der Waals surface area (Å²) >= 11 is 0. The average molecular weight is 256 g/mol. The number of nitrogens with zero attached hydrogens (tertiary/aromatic N) is 2. The Kier molecular flexibility index (Phi) is 9.33. The second-order valence-corrected chi connectivity index (χ2v) is 4.67. The molecule has 4 heteroatoms. The van der Waals surface area contributed by atoms with Gasteiger partial charge in [-0.05, 0) is 19.8 Å². The summed E-state index contributed by atoms with van der Waals surface area (Å²) < 4.78 is 0. The molecule has 0 unspecified atom stereocenters. The highest BCUT2D eigenvalue weighted by Gasteiger charge is 2.10. The molecular formula is C14H28N2O2. The van der Waals surface area contributed by atoms with Crippen LogP contribution in [0.4, 0.5) is 0 Å². The summed E-state index contributed by atoms with van der Waals surface area (Å²) in [5, 5.41) is 0. The summed E-state index contributed by atoms with van der Waals surface area (Å²) in [5.74, 6) is 0.245. The van der Waals surface area contributed by atoms with Crippen molar-refractivity contribution in [2.24, 2.45) is 0 Å². The fourth-order valence-electron chi connectivity index (χ4n) is 1.97. The summed E-state index contributed by atoms with van der Waals surface area (Å²) in [7, 11) is 0. The Balaban J connectivity index is 3.96. The standard InChI is InChI=1S/C14H28N2O2/c1-5-7-8-10-16(14(4)18)12-9-11-15(6-2)13(3)17/h5-12H2,1-4H3. The Labute approximate surface area is 111 Å². The molecule has 2 amide bonds. The molecule has 0 fully saturated rings.